The molecule has 0 saturated heterocycles. The van der Waals surface area contributed by atoms with Gasteiger partial charge in [0.05, 0.1) is 18.8 Å². The molecule has 3 N–H and O–H groups in total. The van der Waals surface area contributed by atoms with Crippen LogP contribution in [0.2, 0.25) is 0 Å². The van der Waals surface area contributed by atoms with E-state index < -0.39 is 5.91 Å². The van der Waals surface area contributed by atoms with Crippen LogP contribution in [0.15, 0.2) is 0 Å². The fourth-order valence-electron chi connectivity index (χ4n) is 2.38. The normalized spacial score (nSPS) is 15.5. The number of amides is 2. The molecule has 0 bridgehead atoms. The molecule has 6 heteroatoms. The molecule has 0 spiro atoms. The number of thiophene rings is 1. The van der Waals surface area contributed by atoms with Gasteiger partial charge in [0.15, 0.2) is 0 Å². The van der Waals surface area contributed by atoms with E-state index in [0.29, 0.717) is 30.2 Å². The Labute approximate surface area is 122 Å². The monoisotopic (exact) mass is 296 g/mol. The van der Waals surface area contributed by atoms with E-state index in [-0.39, 0.29) is 11.8 Å². The van der Waals surface area contributed by atoms with Crippen LogP contribution in [0.1, 0.15) is 47.5 Å². The number of carbonyl (C=O) groups is 2. The minimum absolute atomic E-state index is 0.0612. The number of primary amides is 1. The van der Waals surface area contributed by atoms with Gasteiger partial charge in [-0.2, -0.15) is 0 Å². The molecule has 0 radical (unpaired) electrons. The number of rotatable bonds is 5. The van der Waals surface area contributed by atoms with Gasteiger partial charge in [-0.25, -0.2) is 0 Å². The van der Waals surface area contributed by atoms with Crippen molar-refractivity contribution in [2.24, 2.45) is 11.7 Å². The molecule has 1 aliphatic rings. The standard InChI is InChI=1S/C14H20N2O3S/c1-3-4-8(2)13(18)16-14-11(12(15)17)9-5-6-19-7-10(9)20-14/h8H,3-7H2,1-2H3,(H2,15,17)(H,16,18). The minimum Gasteiger partial charge on any atom is -0.376 e. The van der Waals surface area contributed by atoms with Gasteiger partial charge in [0.25, 0.3) is 5.91 Å². The van der Waals surface area contributed by atoms with Gasteiger partial charge in [-0.15, -0.1) is 11.3 Å². The summed E-state index contributed by atoms with van der Waals surface area (Å²) in [5.74, 6) is -0.618. The molecule has 0 aliphatic carbocycles. The van der Waals surface area contributed by atoms with E-state index in [1.165, 1.54) is 11.3 Å². The molecule has 0 fully saturated rings. The molecule has 2 heterocycles. The molecule has 1 aromatic rings. The van der Waals surface area contributed by atoms with E-state index in [2.05, 4.69) is 5.32 Å². The Morgan fingerprint density at radius 3 is 2.90 bits per heavy atom. The summed E-state index contributed by atoms with van der Waals surface area (Å²) in [5, 5.41) is 3.43. The fraction of sp³-hybridized carbons (Fsp3) is 0.571. The minimum atomic E-state index is -0.483. The molecule has 1 aromatic heterocycles. The maximum absolute atomic E-state index is 12.1. The van der Waals surface area contributed by atoms with E-state index >= 15 is 0 Å². The number of anilines is 1. The van der Waals surface area contributed by atoms with E-state index in [1.54, 1.807) is 0 Å². The highest BCUT2D eigenvalue weighted by Crippen LogP contribution is 2.36. The third-order valence-corrected chi connectivity index (χ3v) is 4.59. The molecule has 0 aromatic carbocycles. The first-order valence-corrected chi connectivity index (χ1v) is 7.69. The van der Waals surface area contributed by atoms with Crippen LogP contribution in [0.3, 0.4) is 0 Å². The largest absolute Gasteiger partial charge is 0.376 e. The van der Waals surface area contributed by atoms with E-state index in [0.717, 1.165) is 23.3 Å². The Hall–Kier alpha value is -1.40. The van der Waals surface area contributed by atoms with E-state index in [4.69, 9.17) is 10.5 Å². The van der Waals surface area contributed by atoms with Crippen molar-refractivity contribution in [2.45, 2.75) is 39.7 Å². The highest BCUT2D eigenvalue weighted by Gasteiger charge is 2.26. The fourth-order valence-corrected chi connectivity index (χ4v) is 3.57. The summed E-state index contributed by atoms with van der Waals surface area (Å²) < 4.78 is 5.38. The first-order valence-electron chi connectivity index (χ1n) is 6.87. The van der Waals surface area contributed by atoms with Crippen LogP contribution >= 0.6 is 11.3 Å². The number of fused-ring (bicyclic) bond motifs is 1. The number of hydrogen-bond donors (Lipinski definition) is 2. The zero-order valence-electron chi connectivity index (χ0n) is 11.8. The van der Waals surface area contributed by atoms with Crippen molar-refractivity contribution in [3.63, 3.8) is 0 Å². The zero-order chi connectivity index (χ0) is 14.7. The van der Waals surface area contributed by atoms with Crippen LogP contribution in [0, 0.1) is 5.92 Å². The molecular formula is C14H20N2O3S. The van der Waals surface area contributed by atoms with Crippen molar-refractivity contribution in [1.29, 1.82) is 0 Å². The van der Waals surface area contributed by atoms with Crippen LogP contribution in [0.25, 0.3) is 0 Å². The predicted molar refractivity (Wildman–Crippen MR) is 78.9 cm³/mol. The van der Waals surface area contributed by atoms with Crippen molar-refractivity contribution < 1.29 is 14.3 Å². The molecule has 2 rings (SSSR count). The summed E-state index contributed by atoms with van der Waals surface area (Å²) in [4.78, 5) is 24.8. The summed E-state index contributed by atoms with van der Waals surface area (Å²) in [7, 11) is 0. The Morgan fingerprint density at radius 1 is 1.50 bits per heavy atom. The number of carbonyl (C=O) groups excluding carboxylic acids is 2. The molecule has 0 saturated carbocycles. The Bertz CT molecular complexity index is 525. The number of nitrogens with two attached hydrogens (primary N) is 1. The van der Waals surface area contributed by atoms with Crippen molar-refractivity contribution in [3.05, 3.63) is 16.0 Å². The van der Waals surface area contributed by atoms with Gasteiger partial charge in [-0.1, -0.05) is 20.3 Å². The molecular weight excluding hydrogens is 276 g/mol. The van der Waals surface area contributed by atoms with Gasteiger partial charge in [-0.3, -0.25) is 9.59 Å². The van der Waals surface area contributed by atoms with Gasteiger partial charge in [-0.05, 0) is 18.4 Å². The summed E-state index contributed by atoms with van der Waals surface area (Å²) >= 11 is 1.40. The lowest BCUT2D eigenvalue weighted by molar-refractivity contribution is -0.119. The van der Waals surface area contributed by atoms with Crippen LogP contribution in [-0.2, 0) is 22.6 Å². The highest BCUT2D eigenvalue weighted by molar-refractivity contribution is 7.17. The lowest BCUT2D eigenvalue weighted by atomic mass is 10.0. The molecule has 110 valence electrons. The first kappa shape index (κ1) is 15.0. The molecule has 2 amide bonds. The Balaban J connectivity index is 2.25. The number of ether oxygens (including phenoxy) is 1. The molecule has 1 atom stereocenters. The van der Waals surface area contributed by atoms with Gasteiger partial charge in [0.2, 0.25) is 5.91 Å². The highest BCUT2D eigenvalue weighted by atomic mass is 32.1. The topological polar surface area (TPSA) is 81.4 Å². The van der Waals surface area contributed by atoms with Crippen LogP contribution < -0.4 is 11.1 Å². The van der Waals surface area contributed by atoms with Crippen molar-refractivity contribution in [1.82, 2.24) is 0 Å². The smallest absolute Gasteiger partial charge is 0.251 e. The average Bonchev–Trinajstić information content (AvgIpc) is 2.76. The predicted octanol–water partition coefficient (Wildman–Crippen LogP) is 2.29. The second kappa shape index (κ2) is 6.37. The molecule has 20 heavy (non-hydrogen) atoms. The third kappa shape index (κ3) is 3.02. The maximum Gasteiger partial charge on any atom is 0.251 e. The zero-order valence-corrected chi connectivity index (χ0v) is 12.6. The van der Waals surface area contributed by atoms with Crippen molar-refractivity contribution in [3.8, 4) is 0 Å². The Morgan fingerprint density at radius 2 is 2.25 bits per heavy atom. The second-order valence-corrected chi connectivity index (χ2v) is 6.16. The van der Waals surface area contributed by atoms with Gasteiger partial charge >= 0.3 is 0 Å². The summed E-state index contributed by atoms with van der Waals surface area (Å²) in [6, 6.07) is 0. The average molecular weight is 296 g/mol. The van der Waals surface area contributed by atoms with E-state index in [9.17, 15) is 9.59 Å². The maximum atomic E-state index is 12.1. The van der Waals surface area contributed by atoms with Crippen LogP contribution in [0.4, 0.5) is 5.00 Å². The molecule has 5 nitrogen and oxygen atoms in total. The Kier molecular flexibility index (Phi) is 4.77. The van der Waals surface area contributed by atoms with Gasteiger partial charge in [0, 0.05) is 10.8 Å². The summed E-state index contributed by atoms with van der Waals surface area (Å²) in [6.45, 7) is 5.00. The van der Waals surface area contributed by atoms with Crippen LogP contribution in [-0.4, -0.2) is 18.4 Å². The third-order valence-electron chi connectivity index (χ3n) is 3.47. The van der Waals surface area contributed by atoms with Gasteiger partial charge < -0.3 is 15.8 Å². The van der Waals surface area contributed by atoms with Crippen LogP contribution in [0.5, 0.6) is 0 Å². The van der Waals surface area contributed by atoms with E-state index in [1.807, 2.05) is 13.8 Å². The lowest BCUT2D eigenvalue weighted by Gasteiger charge is -2.12. The van der Waals surface area contributed by atoms with Gasteiger partial charge in [0.1, 0.15) is 5.00 Å². The first-order chi connectivity index (χ1) is 9.54. The molecule has 1 unspecified atom stereocenters. The summed E-state index contributed by atoms with van der Waals surface area (Å²) in [6.07, 6.45) is 2.45. The molecule has 1 aliphatic heterocycles. The number of hydrogen-bond acceptors (Lipinski definition) is 4. The SMILES string of the molecule is CCCC(C)C(=O)Nc1sc2c(c1C(N)=O)CCOC2. The number of nitrogens with one attached hydrogen (secondary N) is 1. The van der Waals surface area contributed by atoms with Crippen molar-refractivity contribution >= 4 is 28.2 Å². The summed E-state index contributed by atoms with van der Waals surface area (Å²) in [5.41, 5.74) is 6.87. The quantitative estimate of drug-likeness (QED) is 0.874. The van der Waals surface area contributed by atoms with Crippen molar-refractivity contribution in [2.75, 3.05) is 11.9 Å². The second-order valence-electron chi connectivity index (χ2n) is 5.05. The lowest BCUT2D eigenvalue weighted by Crippen LogP contribution is -2.22.